The summed E-state index contributed by atoms with van der Waals surface area (Å²) in [5, 5.41) is 27.3. The van der Waals surface area contributed by atoms with Gasteiger partial charge in [-0.3, -0.25) is 33.8 Å². The predicted octanol–water partition coefficient (Wildman–Crippen LogP) is -3.05. The highest BCUT2D eigenvalue weighted by atomic mass is 16.4. The van der Waals surface area contributed by atoms with Gasteiger partial charge < -0.3 is 48.7 Å². The van der Waals surface area contributed by atoms with E-state index in [1.807, 2.05) is 0 Å². The molecule has 5 atom stereocenters. The van der Waals surface area contributed by atoms with Crippen molar-refractivity contribution in [1.29, 1.82) is 0 Å². The van der Waals surface area contributed by atoms with Gasteiger partial charge in [0.2, 0.25) is 23.6 Å². The third-order valence-corrected chi connectivity index (χ3v) is 5.55. The van der Waals surface area contributed by atoms with E-state index in [4.69, 9.17) is 27.4 Å². The van der Waals surface area contributed by atoms with E-state index in [0.29, 0.717) is 12.8 Å². The zero-order valence-electron chi connectivity index (χ0n) is 21.9. The molecule has 0 fully saturated rings. The maximum Gasteiger partial charge on any atom is 0.325 e. The maximum atomic E-state index is 13.1. The van der Waals surface area contributed by atoms with Gasteiger partial charge in [0.25, 0.3) is 0 Å². The van der Waals surface area contributed by atoms with Crippen LogP contribution in [-0.2, 0) is 28.8 Å². The van der Waals surface area contributed by atoms with Gasteiger partial charge in [-0.2, -0.15) is 0 Å². The average Bonchev–Trinajstić information content (AvgIpc) is 2.84. The van der Waals surface area contributed by atoms with Crippen LogP contribution >= 0.6 is 0 Å². The lowest BCUT2D eigenvalue weighted by Gasteiger charge is -2.27. The smallest absolute Gasteiger partial charge is 0.325 e. The molecule has 0 saturated carbocycles. The summed E-state index contributed by atoms with van der Waals surface area (Å²) in [6.07, 6.45) is 0.367. The first-order chi connectivity index (χ1) is 17.7. The predicted molar refractivity (Wildman–Crippen MR) is 136 cm³/mol. The van der Waals surface area contributed by atoms with Crippen LogP contribution in [0.1, 0.15) is 52.9 Å². The van der Waals surface area contributed by atoms with Crippen LogP contribution in [-0.4, -0.2) is 89.0 Å². The fraction of sp³-hybridized carbons (Fsp3) is 0.682. The summed E-state index contributed by atoms with van der Waals surface area (Å²) in [5.74, 6) is -5.96. The molecule has 216 valence electrons. The van der Waals surface area contributed by atoms with Crippen LogP contribution in [0.15, 0.2) is 4.99 Å². The molecule has 0 radical (unpaired) electrons. The summed E-state index contributed by atoms with van der Waals surface area (Å²) in [6, 6.07) is -4.59. The van der Waals surface area contributed by atoms with E-state index in [9.17, 15) is 28.8 Å². The van der Waals surface area contributed by atoms with Crippen molar-refractivity contribution in [2.75, 3.05) is 13.1 Å². The molecule has 16 heteroatoms. The lowest BCUT2D eigenvalue weighted by molar-refractivity contribution is -0.141. The van der Waals surface area contributed by atoms with Crippen LogP contribution in [0.3, 0.4) is 0 Å². The Kier molecular flexibility index (Phi) is 15.7. The molecule has 0 aromatic rings. The number of aliphatic carboxylic acids is 2. The molecular weight excluding hydrogens is 504 g/mol. The van der Waals surface area contributed by atoms with E-state index >= 15 is 0 Å². The van der Waals surface area contributed by atoms with Crippen molar-refractivity contribution in [3.8, 4) is 0 Å². The molecular formula is C22H40N8O8. The van der Waals surface area contributed by atoms with Gasteiger partial charge in [-0.1, -0.05) is 20.3 Å². The number of nitrogens with zero attached hydrogens (tertiary/aromatic N) is 1. The summed E-state index contributed by atoms with van der Waals surface area (Å²) < 4.78 is 0. The van der Waals surface area contributed by atoms with Gasteiger partial charge in [-0.15, -0.1) is 0 Å². The fourth-order valence-electron chi connectivity index (χ4n) is 3.06. The quantitative estimate of drug-likeness (QED) is 0.0474. The Balaban J connectivity index is 5.34. The number of nitrogens with two attached hydrogens (primary N) is 3. The summed E-state index contributed by atoms with van der Waals surface area (Å²) in [6.45, 7) is 4.40. The molecule has 16 nitrogen and oxygen atoms in total. The molecule has 0 heterocycles. The second-order valence-electron chi connectivity index (χ2n) is 8.77. The monoisotopic (exact) mass is 544 g/mol. The van der Waals surface area contributed by atoms with E-state index in [1.165, 1.54) is 6.92 Å². The number of carboxylic acid groups (broad SMARTS) is 2. The highest BCUT2D eigenvalue weighted by Crippen LogP contribution is 2.10. The van der Waals surface area contributed by atoms with Gasteiger partial charge in [0.1, 0.15) is 18.1 Å². The highest BCUT2D eigenvalue weighted by molar-refractivity contribution is 5.94. The lowest BCUT2D eigenvalue weighted by atomic mass is 9.97. The first-order valence-electron chi connectivity index (χ1n) is 12.1. The van der Waals surface area contributed by atoms with E-state index in [1.54, 1.807) is 13.8 Å². The van der Waals surface area contributed by atoms with Crippen LogP contribution in [0.25, 0.3) is 0 Å². The Morgan fingerprint density at radius 2 is 1.53 bits per heavy atom. The fourth-order valence-corrected chi connectivity index (χ4v) is 3.06. The van der Waals surface area contributed by atoms with Crippen LogP contribution in [0.5, 0.6) is 0 Å². The zero-order valence-corrected chi connectivity index (χ0v) is 21.9. The first-order valence-corrected chi connectivity index (χ1v) is 12.1. The van der Waals surface area contributed by atoms with Gasteiger partial charge in [0.05, 0.1) is 12.6 Å². The molecule has 38 heavy (non-hydrogen) atoms. The van der Waals surface area contributed by atoms with Gasteiger partial charge >= 0.3 is 11.9 Å². The Labute approximate surface area is 220 Å². The normalized spacial score (nSPS) is 14.5. The third kappa shape index (κ3) is 14.0. The van der Waals surface area contributed by atoms with E-state index in [0.717, 1.165) is 0 Å². The van der Waals surface area contributed by atoms with Gasteiger partial charge in [0, 0.05) is 13.0 Å². The molecule has 0 saturated heterocycles. The largest absolute Gasteiger partial charge is 0.481 e. The summed E-state index contributed by atoms with van der Waals surface area (Å²) in [5.41, 5.74) is 16.4. The minimum atomic E-state index is -1.35. The van der Waals surface area contributed by atoms with Crippen LogP contribution in [0.2, 0.25) is 0 Å². The number of carbonyl (C=O) groups is 6. The number of amides is 4. The Morgan fingerprint density at radius 3 is 2.05 bits per heavy atom. The summed E-state index contributed by atoms with van der Waals surface area (Å²) >= 11 is 0. The SMILES string of the molecule is CC[C@H](C)[C@H](NC(=O)[C@@H](N)CCCN=C(N)N)C(=O)N[C@@H](CCC(=O)O)C(=O)NCC(=O)N[C@@H](C)C(=O)O. The average molecular weight is 545 g/mol. The Bertz CT molecular complexity index is 877. The summed E-state index contributed by atoms with van der Waals surface area (Å²) in [4.78, 5) is 75.9. The number of carbonyl (C=O) groups excluding carboxylic acids is 4. The van der Waals surface area contributed by atoms with Crippen molar-refractivity contribution in [3.05, 3.63) is 0 Å². The number of hydrogen-bond donors (Lipinski definition) is 9. The molecule has 0 aliphatic carbocycles. The number of nitrogens with one attached hydrogen (secondary N) is 4. The molecule has 0 unspecified atom stereocenters. The number of hydrogen-bond acceptors (Lipinski definition) is 8. The van der Waals surface area contributed by atoms with Crippen molar-refractivity contribution in [3.63, 3.8) is 0 Å². The van der Waals surface area contributed by atoms with Crippen molar-refractivity contribution in [2.24, 2.45) is 28.1 Å². The maximum absolute atomic E-state index is 13.1. The van der Waals surface area contributed by atoms with Crippen molar-refractivity contribution in [2.45, 2.75) is 77.0 Å². The van der Waals surface area contributed by atoms with Crippen LogP contribution in [0.4, 0.5) is 0 Å². The van der Waals surface area contributed by atoms with Gasteiger partial charge in [-0.25, -0.2) is 0 Å². The molecule has 0 bridgehead atoms. The molecule has 0 spiro atoms. The molecule has 12 N–H and O–H groups in total. The number of rotatable bonds is 18. The van der Waals surface area contributed by atoms with E-state index in [-0.39, 0.29) is 31.3 Å². The lowest BCUT2D eigenvalue weighted by Crippen LogP contribution is -2.58. The minimum Gasteiger partial charge on any atom is -0.481 e. The summed E-state index contributed by atoms with van der Waals surface area (Å²) in [7, 11) is 0. The molecule has 0 aromatic carbocycles. The zero-order chi connectivity index (χ0) is 29.4. The number of aliphatic imine (C=N–C) groups is 1. The van der Waals surface area contributed by atoms with Crippen molar-refractivity contribution in [1.82, 2.24) is 21.3 Å². The van der Waals surface area contributed by atoms with Crippen molar-refractivity contribution < 1.29 is 39.0 Å². The molecule has 0 rings (SSSR count). The molecule has 4 amide bonds. The topological polar surface area (TPSA) is 281 Å². The second kappa shape index (κ2) is 17.5. The van der Waals surface area contributed by atoms with Crippen molar-refractivity contribution >= 4 is 41.5 Å². The van der Waals surface area contributed by atoms with Gasteiger partial charge in [0.15, 0.2) is 5.96 Å². The Hall–Kier alpha value is -3.95. The standard InChI is InChI=1S/C22H40N8O8/c1-4-11(2)17(30-18(34)13(23)6-5-9-26-22(24)25)20(36)29-14(7-8-16(32)33)19(35)27-10-15(31)28-12(3)21(37)38/h11-14,17H,4-10,23H2,1-3H3,(H,27,35)(H,28,31)(H,29,36)(H,30,34)(H,32,33)(H,37,38)(H4,24,25,26)/t11-,12-,13-,14-,17-/m0/s1. The minimum absolute atomic E-state index is 0.0894. The molecule has 0 aliphatic heterocycles. The van der Waals surface area contributed by atoms with E-state index in [2.05, 4.69) is 26.3 Å². The number of guanidine groups is 1. The second-order valence-corrected chi connectivity index (χ2v) is 8.77. The first kappa shape index (κ1) is 34.0. The van der Waals surface area contributed by atoms with E-state index < -0.39 is 72.7 Å². The molecule has 0 aromatic heterocycles. The molecule has 0 aliphatic rings. The van der Waals surface area contributed by atoms with Crippen LogP contribution < -0.4 is 38.5 Å². The highest BCUT2D eigenvalue weighted by Gasteiger charge is 2.31. The third-order valence-electron chi connectivity index (χ3n) is 5.55. The Morgan fingerprint density at radius 1 is 0.895 bits per heavy atom. The van der Waals surface area contributed by atoms with Gasteiger partial charge in [-0.05, 0) is 32.1 Å². The number of carboxylic acids is 2. The van der Waals surface area contributed by atoms with Crippen LogP contribution in [0, 0.1) is 5.92 Å².